The van der Waals surface area contributed by atoms with Gasteiger partial charge in [0.15, 0.2) is 0 Å². The highest BCUT2D eigenvalue weighted by molar-refractivity contribution is 7.25. The van der Waals surface area contributed by atoms with Crippen LogP contribution in [0.25, 0.3) is 20.4 Å². The highest BCUT2D eigenvalue weighted by Crippen LogP contribution is 2.34. The van der Waals surface area contributed by atoms with Crippen LogP contribution in [0.15, 0.2) is 24.7 Å². The van der Waals surface area contributed by atoms with Crippen molar-refractivity contribution in [3.63, 3.8) is 0 Å². The molecule has 0 aliphatic heterocycles. The van der Waals surface area contributed by atoms with Crippen molar-refractivity contribution in [1.82, 2.24) is 15.0 Å². The Morgan fingerprint density at radius 3 is 3.11 bits per heavy atom. The molecule has 0 unspecified atom stereocenters. The first-order valence-corrected chi connectivity index (χ1v) is 6.55. The zero-order valence-corrected chi connectivity index (χ0v) is 10.4. The number of thiophene rings is 1. The van der Waals surface area contributed by atoms with Crippen molar-refractivity contribution in [1.29, 1.82) is 0 Å². The Kier molecular flexibility index (Phi) is 3.04. The molecule has 0 spiro atoms. The molecule has 18 heavy (non-hydrogen) atoms. The molecule has 6 heteroatoms. The summed E-state index contributed by atoms with van der Waals surface area (Å²) in [6, 6.07) is 3.93. The number of hydrogen-bond acceptors (Lipinski definition) is 6. The standard InChI is InChI=1S/C12H12N4OS/c17-6-2-5-13-11-10-9(15-7-16-11)8-3-1-4-14-12(8)18-10/h1,3-4,7,17H,2,5-6H2,(H,13,15,16). The smallest absolute Gasteiger partial charge is 0.147 e. The average molecular weight is 260 g/mol. The molecule has 3 aromatic rings. The van der Waals surface area contributed by atoms with Crippen molar-refractivity contribution < 1.29 is 5.11 Å². The predicted octanol–water partition coefficient (Wildman–Crippen LogP) is 2.03. The largest absolute Gasteiger partial charge is 0.396 e. The Morgan fingerprint density at radius 1 is 1.28 bits per heavy atom. The fraction of sp³-hybridized carbons (Fsp3) is 0.250. The zero-order chi connectivity index (χ0) is 12.4. The molecule has 0 aliphatic rings. The summed E-state index contributed by atoms with van der Waals surface area (Å²) in [4.78, 5) is 13.9. The van der Waals surface area contributed by atoms with Crippen molar-refractivity contribution in [3.8, 4) is 0 Å². The molecule has 0 radical (unpaired) electrons. The maximum atomic E-state index is 8.79. The third-order valence-corrected chi connectivity index (χ3v) is 3.77. The molecule has 0 saturated carbocycles. The predicted molar refractivity (Wildman–Crippen MR) is 72.9 cm³/mol. The van der Waals surface area contributed by atoms with Crippen LogP contribution in [0.4, 0.5) is 5.82 Å². The fourth-order valence-electron chi connectivity index (χ4n) is 1.82. The van der Waals surface area contributed by atoms with Gasteiger partial charge in [0.2, 0.25) is 0 Å². The molecule has 0 atom stereocenters. The molecule has 0 aromatic carbocycles. The molecule has 0 aliphatic carbocycles. The normalized spacial score (nSPS) is 11.2. The van der Waals surface area contributed by atoms with Gasteiger partial charge < -0.3 is 10.4 Å². The second-order valence-electron chi connectivity index (χ2n) is 3.86. The number of hydrogen-bond donors (Lipinski definition) is 2. The first-order chi connectivity index (χ1) is 8.90. The number of rotatable bonds is 4. The Bertz CT molecular complexity index is 682. The number of aromatic nitrogens is 3. The first kappa shape index (κ1) is 11.3. The van der Waals surface area contributed by atoms with E-state index in [0.29, 0.717) is 13.0 Å². The third kappa shape index (κ3) is 1.89. The second kappa shape index (κ2) is 4.83. The van der Waals surface area contributed by atoms with Gasteiger partial charge in [-0.1, -0.05) is 0 Å². The molecule has 0 fully saturated rings. The van der Waals surface area contributed by atoms with E-state index >= 15 is 0 Å². The number of aliphatic hydroxyl groups excluding tert-OH is 1. The highest BCUT2D eigenvalue weighted by Gasteiger charge is 2.10. The van der Waals surface area contributed by atoms with Gasteiger partial charge in [-0.05, 0) is 18.6 Å². The van der Waals surface area contributed by atoms with Crippen LogP contribution in [0.3, 0.4) is 0 Å². The van der Waals surface area contributed by atoms with Crippen molar-refractivity contribution >= 4 is 37.6 Å². The lowest BCUT2D eigenvalue weighted by Gasteiger charge is -2.04. The SMILES string of the molecule is OCCCNc1ncnc2c1sc1ncccc12. The van der Waals surface area contributed by atoms with Gasteiger partial charge in [0.25, 0.3) is 0 Å². The molecule has 0 amide bonds. The Morgan fingerprint density at radius 2 is 2.22 bits per heavy atom. The topological polar surface area (TPSA) is 70.9 Å². The van der Waals surface area contributed by atoms with Crippen LogP contribution in [0, 0.1) is 0 Å². The maximum Gasteiger partial charge on any atom is 0.147 e. The van der Waals surface area contributed by atoms with E-state index in [2.05, 4.69) is 20.3 Å². The van der Waals surface area contributed by atoms with Crippen molar-refractivity contribution in [2.24, 2.45) is 0 Å². The van der Waals surface area contributed by atoms with Crippen LogP contribution < -0.4 is 5.32 Å². The van der Waals surface area contributed by atoms with Gasteiger partial charge in [-0.3, -0.25) is 0 Å². The van der Waals surface area contributed by atoms with E-state index < -0.39 is 0 Å². The minimum absolute atomic E-state index is 0.176. The molecule has 92 valence electrons. The average Bonchev–Trinajstić information content (AvgIpc) is 2.79. The summed E-state index contributed by atoms with van der Waals surface area (Å²) < 4.78 is 1.02. The number of pyridine rings is 1. The molecular formula is C12H12N4OS. The van der Waals surface area contributed by atoms with Crippen LogP contribution in [0.5, 0.6) is 0 Å². The summed E-state index contributed by atoms with van der Waals surface area (Å²) in [5.74, 6) is 0.816. The number of aliphatic hydroxyl groups is 1. The van der Waals surface area contributed by atoms with Crippen LogP contribution in [-0.2, 0) is 0 Å². The molecule has 0 saturated heterocycles. The monoisotopic (exact) mass is 260 g/mol. The van der Waals surface area contributed by atoms with Crippen molar-refractivity contribution in [2.45, 2.75) is 6.42 Å². The van der Waals surface area contributed by atoms with E-state index in [9.17, 15) is 0 Å². The number of anilines is 1. The van der Waals surface area contributed by atoms with E-state index in [0.717, 1.165) is 26.3 Å². The quantitative estimate of drug-likeness (QED) is 0.702. The minimum Gasteiger partial charge on any atom is -0.396 e. The van der Waals surface area contributed by atoms with E-state index in [4.69, 9.17) is 5.11 Å². The van der Waals surface area contributed by atoms with Gasteiger partial charge in [0.05, 0.1) is 10.2 Å². The number of nitrogens with zero attached hydrogens (tertiary/aromatic N) is 3. The fourth-order valence-corrected chi connectivity index (χ4v) is 2.89. The molecule has 2 N–H and O–H groups in total. The second-order valence-corrected chi connectivity index (χ2v) is 4.86. The van der Waals surface area contributed by atoms with E-state index in [1.807, 2.05) is 12.1 Å². The molecule has 5 nitrogen and oxygen atoms in total. The lowest BCUT2D eigenvalue weighted by Crippen LogP contribution is -2.05. The van der Waals surface area contributed by atoms with E-state index in [1.165, 1.54) is 0 Å². The Balaban J connectivity index is 2.09. The summed E-state index contributed by atoms with van der Waals surface area (Å²) >= 11 is 1.59. The third-order valence-electron chi connectivity index (χ3n) is 2.66. The summed E-state index contributed by atoms with van der Waals surface area (Å²) in [5.41, 5.74) is 0.935. The number of nitrogens with one attached hydrogen (secondary N) is 1. The first-order valence-electron chi connectivity index (χ1n) is 5.73. The zero-order valence-electron chi connectivity index (χ0n) is 9.63. The van der Waals surface area contributed by atoms with Gasteiger partial charge in [-0.2, -0.15) is 0 Å². The van der Waals surface area contributed by atoms with Gasteiger partial charge in [0.1, 0.15) is 17.0 Å². The molecule has 0 bridgehead atoms. The van der Waals surface area contributed by atoms with Crippen molar-refractivity contribution in [2.75, 3.05) is 18.5 Å². The summed E-state index contributed by atoms with van der Waals surface area (Å²) in [7, 11) is 0. The van der Waals surface area contributed by atoms with Crippen LogP contribution in [0.1, 0.15) is 6.42 Å². The number of fused-ring (bicyclic) bond motifs is 3. The highest BCUT2D eigenvalue weighted by atomic mass is 32.1. The molecular weight excluding hydrogens is 248 g/mol. The summed E-state index contributed by atoms with van der Waals surface area (Å²) in [6.07, 6.45) is 4.04. The molecule has 3 rings (SSSR count). The summed E-state index contributed by atoms with van der Waals surface area (Å²) in [5, 5.41) is 13.1. The Hall–Kier alpha value is -1.79. The lowest BCUT2D eigenvalue weighted by molar-refractivity contribution is 0.292. The Labute approximate surface area is 108 Å². The minimum atomic E-state index is 0.176. The van der Waals surface area contributed by atoms with E-state index in [-0.39, 0.29) is 6.61 Å². The van der Waals surface area contributed by atoms with Gasteiger partial charge in [-0.25, -0.2) is 15.0 Å². The van der Waals surface area contributed by atoms with Crippen molar-refractivity contribution in [3.05, 3.63) is 24.7 Å². The van der Waals surface area contributed by atoms with Gasteiger partial charge in [-0.15, -0.1) is 11.3 Å². The van der Waals surface area contributed by atoms with Gasteiger partial charge in [0, 0.05) is 24.7 Å². The van der Waals surface area contributed by atoms with Crippen LogP contribution in [-0.4, -0.2) is 33.2 Å². The van der Waals surface area contributed by atoms with Crippen LogP contribution in [0.2, 0.25) is 0 Å². The van der Waals surface area contributed by atoms with E-state index in [1.54, 1.807) is 23.9 Å². The lowest BCUT2D eigenvalue weighted by atomic mass is 10.3. The van der Waals surface area contributed by atoms with Crippen LogP contribution >= 0.6 is 11.3 Å². The molecule has 3 aromatic heterocycles. The maximum absolute atomic E-state index is 8.79. The molecule has 3 heterocycles. The van der Waals surface area contributed by atoms with Gasteiger partial charge >= 0.3 is 0 Å². The summed E-state index contributed by atoms with van der Waals surface area (Å²) in [6.45, 7) is 0.874.